The Hall–Kier alpha value is -0.645. The van der Waals surface area contributed by atoms with E-state index in [9.17, 15) is 5.11 Å². The van der Waals surface area contributed by atoms with Crippen molar-refractivity contribution in [2.75, 3.05) is 6.26 Å². The minimum atomic E-state index is -0.426. The van der Waals surface area contributed by atoms with Crippen LogP contribution >= 0.6 is 11.8 Å². The number of hydrogen-bond acceptors (Lipinski definition) is 4. The quantitative estimate of drug-likeness (QED) is 0.659. The second kappa shape index (κ2) is 4.47. The van der Waals surface area contributed by atoms with Crippen LogP contribution in [-0.2, 0) is 9.31 Å². The number of thioether (sulfide) groups is 1. The fourth-order valence-electron chi connectivity index (χ4n) is 1.88. The Labute approximate surface area is 113 Å². The van der Waals surface area contributed by atoms with Crippen LogP contribution in [0.4, 0.5) is 0 Å². The van der Waals surface area contributed by atoms with E-state index in [1.165, 1.54) is 0 Å². The zero-order valence-electron chi connectivity index (χ0n) is 11.5. The third-order valence-electron chi connectivity index (χ3n) is 3.72. The van der Waals surface area contributed by atoms with Crippen molar-refractivity contribution in [1.29, 1.82) is 0 Å². The van der Waals surface area contributed by atoms with E-state index in [1.807, 2.05) is 40.0 Å². The van der Waals surface area contributed by atoms with Gasteiger partial charge in [0.15, 0.2) is 0 Å². The Bertz CT molecular complexity index is 444. The molecule has 3 nitrogen and oxygen atoms in total. The molecule has 1 saturated heterocycles. The molecule has 1 heterocycles. The van der Waals surface area contributed by atoms with Crippen LogP contribution in [0.2, 0.25) is 0 Å². The summed E-state index contributed by atoms with van der Waals surface area (Å²) < 4.78 is 12.0. The summed E-state index contributed by atoms with van der Waals surface area (Å²) in [6.45, 7) is 8.09. The molecule has 0 spiro atoms. The molecule has 0 unspecified atom stereocenters. The molecular weight excluding hydrogens is 247 g/mol. The van der Waals surface area contributed by atoms with Crippen LogP contribution < -0.4 is 5.46 Å². The third-order valence-corrected chi connectivity index (χ3v) is 4.53. The SMILES string of the molecule is CSc1ccc(O)cc1B1OC(C)(C)C(C)(C)O1. The number of phenolic OH excluding ortho intramolecular Hbond substituents is 1. The summed E-state index contributed by atoms with van der Waals surface area (Å²) in [5.74, 6) is 0.234. The number of hydrogen-bond donors (Lipinski definition) is 1. The Kier molecular flexibility index (Phi) is 3.43. The van der Waals surface area contributed by atoms with Crippen LogP contribution in [0.3, 0.4) is 0 Å². The Morgan fingerprint density at radius 1 is 1.11 bits per heavy atom. The predicted octanol–water partition coefficient (Wildman–Crippen LogP) is 2.41. The summed E-state index contributed by atoms with van der Waals surface area (Å²) in [7, 11) is -0.426. The van der Waals surface area contributed by atoms with E-state index in [4.69, 9.17) is 9.31 Å². The molecule has 0 aliphatic carbocycles. The van der Waals surface area contributed by atoms with E-state index in [1.54, 1.807) is 23.9 Å². The lowest BCUT2D eigenvalue weighted by Gasteiger charge is -2.32. The molecule has 98 valence electrons. The highest BCUT2D eigenvalue weighted by molar-refractivity contribution is 7.98. The van der Waals surface area contributed by atoms with Crippen LogP contribution in [0.25, 0.3) is 0 Å². The molecular formula is C13H19BO3S. The Morgan fingerprint density at radius 2 is 1.67 bits per heavy atom. The number of phenols is 1. The van der Waals surface area contributed by atoms with Crippen molar-refractivity contribution in [3.05, 3.63) is 18.2 Å². The number of aromatic hydroxyl groups is 1. The lowest BCUT2D eigenvalue weighted by molar-refractivity contribution is 0.00578. The normalized spacial score (nSPS) is 21.3. The minimum Gasteiger partial charge on any atom is -0.508 e. The zero-order chi connectivity index (χ0) is 13.6. The highest BCUT2D eigenvalue weighted by Crippen LogP contribution is 2.37. The molecule has 0 bridgehead atoms. The summed E-state index contributed by atoms with van der Waals surface area (Å²) in [6, 6.07) is 5.29. The van der Waals surface area contributed by atoms with Gasteiger partial charge >= 0.3 is 7.12 Å². The Morgan fingerprint density at radius 3 is 2.17 bits per heavy atom. The summed E-state index contributed by atoms with van der Waals surface area (Å²) in [5.41, 5.74) is 0.165. The first-order valence-corrected chi connectivity index (χ1v) is 7.22. The smallest absolute Gasteiger partial charge is 0.496 e. The van der Waals surface area contributed by atoms with E-state index >= 15 is 0 Å². The van der Waals surface area contributed by atoms with Crippen LogP contribution in [0.15, 0.2) is 23.1 Å². The average molecular weight is 266 g/mol. The lowest BCUT2D eigenvalue weighted by Crippen LogP contribution is -2.41. The maximum atomic E-state index is 9.63. The maximum absolute atomic E-state index is 9.63. The molecule has 1 fully saturated rings. The molecule has 5 heteroatoms. The maximum Gasteiger partial charge on any atom is 0.496 e. The third kappa shape index (κ3) is 2.27. The first-order chi connectivity index (χ1) is 8.27. The highest BCUT2D eigenvalue weighted by atomic mass is 32.2. The van der Waals surface area contributed by atoms with Gasteiger partial charge in [0.05, 0.1) is 11.2 Å². The van der Waals surface area contributed by atoms with E-state index in [2.05, 4.69) is 0 Å². The van der Waals surface area contributed by atoms with Gasteiger partial charge in [0.25, 0.3) is 0 Å². The van der Waals surface area contributed by atoms with Gasteiger partial charge in [-0.2, -0.15) is 0 Å². The molecule has 1 aliphatic rings. The summed E-state index contributed by atoms with van der Waals surface area (Å²) in [5, 5.41) is 9.63. The second-order valence-electron chi connectivity index (χ2n) is 5.51. The van der Waals surface area contributed by atoms with Gasteiger partial charge in [0, 0.05) is 4.90 Å². The molecule has 0 saturated carbocycles. The van der Waals surface area contributed by atoms with Crippen LogP contribution in [0, 0.1) is 0 Å². The van der Waals surface area contributed by atoms with Gasteiger partial charge in [0.2, 0.25) is 0 Å². The van der Waals surface area contributed by atoms with Gasteiger partial charge in [-0.1, -0.05) is 0 Å². The molecule has 18 heavy (non-hydrogen) atoms. The van der Waals surface area contributed by atoms with Gasteiger partial charge in [-0.3, -0.25) is 0 Å². The Balaban J connectivity index is 2.37. The van der Waals surface area contributed by atoms with Crippen molar-refractivity contribution in [2.24, 2.45) is 0 Å². The van der Waals surface area contributed by atoms with E-state index < -0.39 is 7.12 Å². The van der Waals surface area contributed by atoms with Gasteiger partial charge in [0.1, 0.15) is 5.75 Å². The van der Waals surface area contributed by atoms with Gasteiger partial charge in [-0.25, -0.2) is 0 Å². The molecule has 0 amide bonds. The second-order valence-corrected chi connectivity index (χ2v) is 6.36. The van der Waals surface area contributed by atoms with Crippen LogP contribution in [0.5, 0.6) is 5.75 Å². The van der Waals surface area contributed by atoms with Gasteiger partial charge in [-0.15, -0.1) is 11.8 Å². The predicted molar refractivity (Wildman–Crippen MR) is 75.6 cm³/mol. The molecule has 0 atom stereocenters. The van der Waals surface area contributed by atoms with Gasteiger partial charge < -0.3 is 14.4 Å². The molecule has 1 aliphatic heterocycles. The van der Waals surface area contributed by atoms with Crippen molar-refractivity contribution in [2.45, 2.75) is 43.8 Å². The van der Waals surface area contributed by atoms with Crippen molar-refractivity contribution in [3.8, 4) is 5.75 Å². The first kappa shape index (κ1) is 13.8. The first-order valence-electron chi connectivity index (χ1n) is 5.99. The fourth-order valence-corrected chi connectivity index (χ4v) is 2.47. The molecule has 1 aromatic carbocycles. The molecule has 0 radical (unpaired) electrons. The topological polar surface area (TPSA) is 38.7 Å². The zero-order valence-corrected chi connectivity index (χ0v) is 12.3. The number of rotatable bonds is 2. The highest BCUT2D eigenvalue weighted by Gasteiger charge is 2.52. The molecule has 1 N–H and O–H groups in total. The van der Waals surface area contributed by atoms with E-state index in [0.717, 1.165) is 10.4 Å². The lowest BCUT2D eigenvalue weighted by atomic mass is 9.79. The summed E-state index contributed by atoms with van der Waals surface area (Å²) in [4.78, 5) is 1.06. The summed E-state index contributed by atoms with van der Waals surface area (Å²) >= 11 is 1.62. The molecule has 0 aromatic heterocycles. The van der Waals surface area contributed by atoms with Crippen LogP contribution in [-0.4, -0.2) is 29.7 Å². The van der Waals surface area contributed by atoms with Crippen molar-refractivity contribution < 1.29 is 14.4 Å². The van der Waals surface area contributed by atoms with Crippen molar-refractivity contribution >= 4 is 24.3 Å². The fraction of sp³-hybridized carbons (Fsp3) is 0.538. The van der Waals surface area contributed by atoms with Crippen molar-refractivity contribution in [1.82, 2.24) is 0 Å². The van der Waals surface area contributed by atoms with E-state index in [0.29, 0.717) is 0 Å². The summed E-state index contributed by atoms with van der Waals surface area (Å²) in [6.07, 6.45) is 2.00. The monoisotopic (exact) mass is 266 g/mol. The van der Waals surface area contributed by atoms with Crippen molar-refractivity contribution in [3.63, 3.8) is 0 Å². The minimum absolute atomic E-state index is 0.234. The van der Waals surface area contributed by atoms with E-state index in [-0.39, 0.29) is 17.0 Å². The largest absolute Gasteiger partial charge is 0.508 e. The van der Waals surface area contributed by atoms with Crippen LogP contribution in [0.1, 0.15) is 27.7 Å². The van der Waals surface area contributed by atoms with Gasteiger partial charge in [-0.05, 0) is 57.6 Å². The standard InChI is InChI=1S/C13H19BO3S/c1-12(2)13(3,4)17-14(16-12)10-8-9(15)6-7-11(10)18-5/h6-8,15H,1-5H3. The average Bonchev–Trinajstić information content (AvgIpc) is 2.48. The number of benzene rings is 1. The molecule has 1 aromatic rings. The molecule has 2 rings (SSSR count).